The van der Waals surface area contributed by atoms with Crippen LogP contribution in [-0.4, -0.2) is 21.2 Å². The van der Waals surface area contributed by atoms with Crippen molar-refractivity contribution in [3.63, 3.8) is 0 Å². The van der Waals surface area contributed by atoms with Crippen molar-refractivity contribution < 1.29 is 0 Å². The average Bonchev–Trinajstić information content (AvgIpc) is 2.83. The van der Waals surface area contributed by atoms with Crippen LogP contribution in [-0.2, 0) is 0 Å². The minimum Gasteiger partial charge on any atom is -0.162 e. The summed E-state index contributed by atoms with van der Waals surface area (Å²) >= 11 is 10.2. The number of hydrogen-bond acceptors (Lipinski definition) is 1. The van der Waals surface area contributed by atoms with Crippen molar-refractivity contribution in [3.05, 3.63) is 0 Å². The van der Waals surface area contributed by atoms with Gasteiger partial charge in [-0.3, -0.25) is 0 Å². The maximum absolute atomic E-state index is 4.01. The van der Waals surface area contributed by atoms with E-state index in [9.17, 15) is 0 Å². The highest BCUT2D eigenvalue weighted by atomic mass is 79.9. The molecule has 0 aromatic rings. The molecule has 0 amide bonds. The van der Waals surface area contributed by atoms with Crippen molar-refractivity contribution in [1.82, 2.24) is 0 Å². The third-order valence-corrected chi connectivity index (χ3v) is 11.3. The van der Waals surface area contributed by atoms with Crippen LogP contribution in [0.15, 0.2) is 0 Å². The van der Waals surface area contributed by atoms with Crippen LogP contribution in [0.5, 0.6) is 0 Å². The van der Waals surface area contributed by atoms with Crippen LogP contribution < -0.4 is 0 Å². The number of thioether (sulfide) groups is 1. The van der Waals surface area contributed by atoms with E-state index in [2.05, 4.69) is 71.3 Å². The summed E-state index contributed by atoms with van der Waals surface area (Å²) in [7, 11) is 0. The van der Waals surface area contributed by atoms with Gasteiger partial charge in [-0.15, -0.1) is 0 Å². The van der Waals surface area contributed by atoms with Crippen LogP contribution in [0.2, 0.25) is 0 Å². The molecule has 0 spiro atoms. The van der Waals surface area contributed by atoms with Crippen LogP contribution in [0.3, 0.4) is 0 Å². The van der Waals surface area contributed by atoms with Crippen molar-refractivity contribution in [3.8, 4) is 0 Å². The van der Waals surface area contributed by atoms with Gasteiger partial charge in [0.15, 0.2) is 0 Å². The molecule has 33 heavy (non-hydrogen) atoms. The first-order chi connectivity index (χ1) is 16.1. The average molecular weight is 613 g/mol. The molecule has 0 radical (unpaired) electrons. The number of halogens is 2. The van der Waals surface area contributed by atoms with Crippen LogP contribution in [0.1, 0.15) is 156 Å². The molecule has 0 rings (SSSR count). The van der Waals surface area contributed by atoms with E-state index < -0.39 is 0 Å². The minimum atomic E-state index is 0.718. The van der Waals surface area contributed by atoms with Crippen molar-refractivity contribution in [2.24, 2.45) is 11.8 Å². The van der Waals surface area contributed by atoms with Gasteiger partial charge >= 0.3 is 0 Å². The summed E-state index contributed by atoms with van der Waals surface area (Å²) in [5, 5.41) is 0. The van der Waals surface area contributed by atoms with E-state index in [-0.39, 0.29) is 0 Å². The van der Waals surface area contributed by atoms with E-state index in [0.29, 0.717) is 0 Å². The largest absolute Gasteiger partial charge is 0.162 e. The molecule has 0 aliphatic rings. The van der Waals surface area contributed by atoms with Gasteiger partial charge in [0.05, 0.1) is 0 Å². The summed E-state index contributed by atoms with van der Waals surface area (Å²) in [6.45, 7) is 9.31. The first-order valence-corrected chi connectivity index (χ1v) is 17.9. The Hall–Kier alpha value is 1.31. The summed E-state index contributed by atoms with van der Waals surface area (Å²) < 4.78 is 0. The maximum atomic E-state index is 4.01. The van der Waals surface area contributed by atoms with Crippen molar-refractivity contribution in [1.29, 1.82) is 0 Å². The zero-order chi connectivity index (χ0) is 24.6. The van der Waals surface area contributed by atoms with E-state index >= 15 is 0 Å². The standard InChI is InChI=1S/C30H60Br2S/c1-5-9-11-13-15-17-19-21-27(29(31)7-3)23-25-33-26-24-28(30(32)8-4)22-20-18-16-14-12-10-6-2/h27-30H,5-26H2,1-4H3. The Kier molecular flexibility index (Phi) is 27.4. The number of hydrogen-bond donors (Lipinski definition) is 0. The van der Waals surface area contributed by atoms with Gasteiger partial charge in [-0.25, -0.2) is 0 Å². The van der Waals surface area contributed by atoms with Crippen molar-refractivity contribution in [2.75, 3.05) is 11.5 Å². The Bertz CT molecular complexity index is 342. The monoisotopic (exact) mass is 610 g/mol. The first kappa shape index (κ1) is 34.3. The summed E-state index contributed by atoms with van der Waals surface area (Å²) in [4.78, 5) is 1.44. The molecule has 0 saturated carbocycles. The Balaban J connectivity index is 4.05. The van der Waals surface area contributed by atoms with E-state index in [1.165, 1.54) is 140 Å². The van der Waals surface area contributed by atoms with Gasteiger partial charge in [0, 0.05) is 9.65 Å². The summed E-state index contributed by atoms with van der Waals surface area (Å²) in [6, 6.07) is 0. The molecule has 0 aromatic heterocycles. The molecule has 0 aliphatic heterocycles. The Morgan fingerprint density at radius 3 is 1.12 bits per heavy atom. The smallest absolute Gasteiger partial charge is 0.0171 e. The zero-order valence-corrected chi connectivity index (χ0v) is 27.0. The molecule has 0 bridgehead atoms. The van der Waals surface area contributed by atoms with Crippen LogP contribution >= 0.6 is 43.6 Å². The molecule has 0 fully saturated rings. The van der Waals surface area contributed by atoms with Gasteiger partial charge < -0.3 is 0 Å². The topological polar surface area (TPSA) is 0 Å². The van der Waals surface area contributed by atoms with Crippen LogP contribution in [0.4, 0.5) is 0 Å². The number of rotatable bonds is 26. The molecule has 0 heterocycles. The van der Waals surface area contributed by atoms with Gasteiger partial charge in [-0.1, -0.05) is 149 Å². The molecular formula is C30H60Br2S. The molecule has 0 nitrogen and oxygen atoms in total. The summed E-state index contributed by atoms with van der Waals surface area (Å²) in [6.07, 6.45) is 28.2. The van der Waals surface area contributed by atoms with E-state index in [1.54, 1.807) is 0 Å². The molecule has 4 atom stereocenters. The molecular weight excluding hydrogens is 552 g/mol. The summed E-state index contributed by atoms with van der Waals surface area (Å²) in [5.41, 5.74) is 0. The molecule has 0 saturated heterocycles. The fraction of sp³-hybridized carbons (Fsp3) is 1.00. The highest BCUT2D eigenvalue weighted by Crippen LogP contribution is 2.30. The second-order valence-corrected chi connectivity index (χ2v) is 14.0. The molecule has 200 valence electrons. The number of alkyl halides is 2. The van der Waals surface area contributed by atoms with Gasteiger partial charge in [0.2, 0.25) is 0 Å². The first-order valence-electron chi connectivity index (χ1n) is 15.0. The van der Waals surface area contributed by atoms with Gasteiger partial charge in [-0.2, -0.15) is 11.8 Å². The highest BCUT2D eigenvalue weighted by molar-refractivity contribution is 9.09. The lowest BCUT2D eigenvalue weighted by Gasteiger charge is -2.23. The Morgan fingerprint density at radius 1 is 0.455 bits per heavy atom. The minimum absolute atomic E-state index is 0.718. The zero-order valence-electron chi connectivity index (χ0n) is 23.0. The molecule has 0 aliphatic carbocycles. The van der Waals surface area contributed by atoms with Crippen LogP contribution in [0.25, 0.3) is 0 Å². The Labute approximate surface area is 231 Å². The van der Waals surface area contributed by atoms with E-state index in [4.69, 9.17) is 0 Å². The molecule has 4 unspecified atom stereocenters. The maximum Gasteiger partial charge on any atom is 0.0171 e. The predicted molar refractivity (Wildman–Crippen MR) is 165 cm³/mol. The number of unbranched alkanes of at least 4 members (excludes halogenated alkanes) is 12. The predicted octanol–water partition coefficient (Wildman–Crippen LogP) is 12.4. The fourth-order valence-electron chi connectivity index (χ4n) is 4.98. The SMILES string of the molecule is CCCCCCCCCC(CCSCCC(CCCCCCCCC)C(Br)CC)C(Br)CC. The van der Waals surface area contributed by atoms with Gasteiger partial charge in [0.1, 0.15) is 0 Å². The Morgan fingerprint density at radius 2 is 0.788 bits per heavy atom. The van der Waals surface area contributed by atoms with E-state index in [1.807, 2.05) is 0 Å². The lowest BCUT2D eigenvalue weighted by molar-refractivity contribution is 0.421. The van der Waals surface area contributed by atoms with Gasteiger partial charge in [0.25, 0.3) is 0 Å². The second kappa shape index (κ2) is 26.4. The van der Waals surface area contributed by atoms with Crippen molar-refractivity contribution >= 4 is 43.6 Å². The second-order valence-electron chi connectivity index (χ2n) is 10.4. The molecule has 0 aromatic carbocycles. The normalized spacial score (nSPS) is 15.5. The highest BCUT2D eigenvalue weighted by Gasteiger charge is 2.19. The quantitative estimate of drug-likeness (QED) is 0.0692. The molecule has 3 heteroatoms. The lowest BCUT2D eigenvalue weighted by atomic mass is 9.93. The van der Waals surface area contributed by atoms with E-state index in [0.717, 1.165) is 21.5 Å². The summed E-state index contributed by atoms with van der Waals surface area (Å²) in [5.74, 6) is 4.46. The van der Waals surface area contributed by atoms with Gasteiger partial charge in [-0.05, 0) is 61.9 Å². The lowest BCUT2D eigenvalue weighted by Crippen LogP contribution is -2.16. The van der Waals surface area contributed by atoms with Crippen LogP contribution in [0, 0.1) is 11.8 Å². The third kappa shape index (κ3) is 21.1. The fourth-order valence-corrected chi connectivity index (χ4v) is 7.18. The molecule has 0 N–H and O–H groups in total. The third-order valence-electron chi connectivity index (χ3n) is 7.43. The van der Waals surface area contributed by atoms with Crippen molar-refractivity contribution in [2.45, 2.75) is 166 Å².